The van der Waals surface area contributed by atoms with Crippen molar-refractivity contribution in [2.75, 3.05) is 6.61 Å². The molecule has 29 heavy (non-hydrogen) atoms. The highest BCUT2D eigenvalue weighted by molar-refractivity contribution is 5.93. The van der Waals surface area contributed by atoms with Crippen molar-refractivity contribution in [1.29, 1.82) is 0 Å². The van der Waals surface area contributed by atoms with Gasteiger partial charge in [-0.3, -0.25) is 4.98 Å². The second-order valence-corrected chi connectivity index (χ2v) is 5.92. The Hall–Kier alpha value is -2.78. The number of hydrogen-bond acceptors (Lipinski definition) is 4. The SMILES string of the molecule is CCCc1nc(-c2ccc(OC(F)(F)F)cc2)cc(C(F)(F)F)c1C(=O)OCC. The molecule has 2 rings (SSSR count). The number of halogens is 6. The van der Waals surface area contributed by atoms with Gasteiger partial charge in [-0.05, 0) is 43.7 Å². The first-order valence-electron chi connectivity index (χ1n) is 8.60. The van der Waals surface area contributed by atoms with Crippen LogP contribution in [0.15, 0.2) is 30.3 Å². The van der Waals surface area contributed by atoms with Gasteiger partial charge < -0.3 is 9.47 Å². The summed E-state index contributed by atoms with van der Waals surface area (Å²) in [6, 6.07) is 4.94. The van der Waals surface area contributed by atoms with E-state index in [1.165, 1.54) is 6.92 Å². The molecule has 0 amide bonds. The Balaban J connectivity index is 2.58. The van der Waals surface area contributed by atoms with Crippen molar-refractivity contribution in [3.63, 3.8) is 0 Å². The number of hydrogen-bond donors (Lipinski definition) is 0. The van der Waals surface area contributed by atoms with Crippen molar-refractivity contribution < 1.29 is 40.6 Å². The quantitative estimate of drug-likeness (QED) is 0.437. The molecule has 4 nitrogen and oxygen atoms in total. The predicted molar refractivity (Wildman–Crippen MR) is 91.3 cm³/mol. The molecule has 0 bridgehead atoms. The van der Waals surface area contributed by atoms with Crippen molar-refractivity contribution in [3.05, 3.63) is 47.2 Å². The Morgan fingerprint density at radius 3 is 2.14 bits per heavy atom. The van der Waals surface area contributed by atoms with E-state index < -0.39 is 35.4 Å². The summed E-state index contributed by atoms with van der Waals surface area (Å²) < 4.78 is 86.2. The molecule has 0 aliphatic heterocycles. The van der Waals surface area contributed by atoms with Crippen molar-refractivity contribution >= 4 is 5.97 Å². The van der Waals surface area contributed by atoms with Gasteiger partial charge in [0.05, 0.1) is 29.1 Å². The van der Waals surface area contributed by atoms with Gasteiger partial charge in [-0.25, -0.2) is 4.79 Å². The summed E-state index contributed by atoms with van der Waals surface area (Å²) in [5.41, 5.74) is -1.95. The Labute approximate surface area is 162 Å². The van der Waals surface area contributed by atoms with Crippen LogP contribution >= 0.6 is 0 Å². The summed E-state index contributed by atoms with van der Waals surface area (Å²) in [4.78, 5) is 16.3. The van der Waals surface area contributed by atoms with Crippen LogP contribution in [-0.4, -0.2) is 23.9 Å². The summed E-state index contributed by atoms with van der Waals surface area (Å²) in [7, 11) is 0. The Bertz CT molecular complexity index is 860. The minimum absolute atomic E-state index is 0.0837. The average Bonchev–Trinajstić information content (AvgIpc) is 2.60. The van der Waals surface area contributed by atoms with E-state index in [9.17, 15) is 31.1 Å². The molecule has 0 atom stereocenters. The summed E-state index contributed by atoms with van der Waals surface area (Å²) >= 11 is 0. The standard InChI is InChI=1S/C19H17F6NO3/c1-3-5-14-16(17(27)28-4-2)13(18(20,21)22)10-15(26-14)11-6-8-12(9-7-11)29-19(23,24)25/h6-10H,3-5H2,1-2H3. The van der Waals surface area contributed by atoms with E-state index in [1.54, 1.807) is 6.92 Å². The van der Waals surface area contributed by atoms with Crippen molar-refractivity contribution in [1.82, 2.24) is 4.98 Å². The number of aryl methyl sites for hydroxylation is 1. The Kier molecular flexibility index (Phi) is 6.76. The molecule has 1 aromatic carbocycles. The van der Waals surface area contributed by atoms with Crippen LogP contribution in [0.2, 0.25) is 0 Å². The monoisotopic (exact) mass is 421 g/mol. The topological polar surface area (TPSA) is 48.4 Å². The van der Waals surface area contributed by atoms with Crippen molar-refractivity contribution in [3.8, 4) is 17.0 Å². The summed E-state index contributed by atoms with van der Waals surface area (Å²) in [5.74, 6) is -1.65. The summed E-state index contributed by atoms with van der Waals surface area (Å²) in [5, 5.41) is 0. The van der Waals surface area contributed by atoms with Crippen molar-refractivity contribution in [2.24, 2.45) is 0 Å². The zero-order chi connectivity index (χ0) is 21.8. The van der Waals surface area contributed by atoms with Crippen LogP contribution < -0.4 is 4.74 Å². The van der Waals surface area contributed by atoms with E-state index in [1.807, 2.05) is 0 Å². The number of alkyl halides is 6. The fraction of sp³-hybridized carbons (Fsp3) is 0.368. The number of aromatic nitrogens is 1. The van der Waals surface area contributed by atoms with E-state index >= 15 is 0 Å². The molecule has 0 aliphatic rings. The largest absolute Gasteiger partial charge is 0.573 e. The molecule has 0 radical (unpaired) electrons. The number of rotatable bonds is 6. The van der Waals surface area contributed by atoms with Crippen LogP contribution in [0, 0.1) is 0 Å². The fourth-order valence-corrected chi connectivity index (χ4v) is 2.65. The van der Waals surface area contributed by atoms with Gasteiger partial charge in [-0.1, -0.05) is 13.3 Å². The maximum atomic E-state index is 13.6. The molecule has 1 aromatic heterocycles. The lowest BCUT2D eigenvalue weighted by molar-refractivity contribution is -0.274. The molecule has 0 unspecified atom stereocenters. The lowest BCUT2D eigenvalue weighted by atomic mass is 9.99. The number of pyridine rings is 1. The number of carbonyl (C=O) groups excluding carboxylic acids is 1. The minimum Gasteiger partial charge on any atom is -0.462 e. The van der Waals surface area contributed by atoms with Gasteiger partial charge in [0.15, 0.2) is 0 Å². The maximum absolute atomic E-state index is 13.6. The van der Waals surface area contributed by atoms with Crippen LogP contribution in [-0.2, 0) is 17.3 Å². The average molecular weight is 421 g/mol. The van der Waals surface area contributed by atoms with Gasteiger partial charge in [-0.15, -0.1) is 13.2 Å². The molecule has 0 N–H and O–H groups in total. The van der Waals surface area contributed by atoms with Crippen LogP contribution in [0.3, 0.4) is 0 Å². The van der Waals surface area contributed by atoms with Gasteiger partial charge >= 0.3 is 18.5 Å². The molecule has 0 saturated carbocycles. The van der Waals surface area contributed by atoms with Gasteiger partial charge in [0.25, 0.3) is 0 Å². The van der Waals surface area contributed by atoms with Crippen LogP contribution in [0.25, 0.3) is 11.3 Å². The second kappa shape index (κ2) is 8.71. The highest BCUT2D eigenvalue weighted by Crippen LogP contribution is 2.37. The summed E-state index contributed by atoms with van der Waals surface area (Å²) in [6.07, 6.45) is -9.25. The highest BCUT2D eigenvalue weighted by Gasteiger charge is 2.38. The van der Waals surface area contributed by atoms with Gasteiger partial charge in [0, 0.05) is 5.56 Å². The predicted octanol–water partition coefficient (Wildman–Crippen LogP) is 5.80. The minimum atomic E-state index is -4.89. The molecule has 0 aliphatic carbocycles. The number of nitrogens with zero attached hydrogens (tertiary/aromatic N) is 1. The number of benzene rings is 1. The molecular weight excluding hydrogens is 404 g/mol. The van der Waals surface area contributed by atoms with E-state index in [4.69, 9.17) is 4.74 Å². The Morgan fingerprint density at radius 1 is 1.03 bits per heavy atom. The zero-order valence-electron chi connectivity index (χ0n) is 15.4. The normalized spacial score (nSPS) is 12.0. The van der Waals surface area contributed by atoms with Gasteiger partial charge in [0.1, 0.15) is 5.75 Å². The first kappa shape index (κ1) is 22.5. The van der Waals surface area contributed by atoms with Gasteiger partial charge in [0.2, 0.25) is 0 Å². The van der Waals surface area contributed by atoms with E-state index in [0.717, 1.165) is 24.3 Å². The third-order valence-electron chi connectivity index (χ3n) is 3.75. The van der Waals surface area contributed by atoms with Gasteiger partial charge in [-0.2, -0.15) is 13.2 Å². The number of ether oxygens (including phenoxy) is 2. The van der Waals surface area contributed by atoms with Crippen LogP contribution in [0.5, 0.6) is 5.75 Å². The highest BCUT2D eigenvalue weighted by atomic mass is 19.4. The number of carbonyl (C=O) groups is 1. The van der Waals surface area contributed by atoms with E-state index in [0.29, 0.717) is 12.5 Å². The molecule has 0 fully saturated rings. The molecular formula is C19H17F6NO3. The first-order valence-corrected chi connectivity index (χ1v) is 8.60. The van der Waals surface area contributed by atoms with E-state index in [-0.39, 0.29) is 30.0 Å². The summed E-state index contributed by atoms with van der Waals surface area (Å²) in [6.45, 7) is 3.07. The van der Waals surface area contributed by atoms with E-state index in [2.05, 4.69) is 9.72 Å². The van der Waals surface area contributed by atoms with Crippen molar-refractivity contribution in [2.45, 2.75) is 39.2 Å². The molecule has 10 heteroatoms. The van der Waals surface area contributed by atoms with Crippen LogP contribution in [0.1, 0.15) is 41.9 Å². The molecule has 158 valence electrons. The molecule has 1 heterocycles. The lowest BCUT2D eigenvalue weighted by Crippen LogP contribution is -2.19. The Morgan fingerprint density at radius 2 is 1.66 bits per heavy atom. The second-order valence-electron chi connectivity index (χ2n) is 5.92. The molecule has 0 spiro atoms. The van der Waals surface area contributed by atoms with Crippen LogP contribution in [0.4, 0.5) is 26.3 Å². The third kappa shape index (κ3) is 5.85. The smallest absolute Gasteiger partial charge is 0.462 e. The fourth-order valence-electron chi connectivity index (χ4n) is 2.65. The third-order valence-corrected chi connectivity index (χ3v) is 3.75. The lowest BCUT2D eigenvalue weighted by Gasteiger charge is -2.17. The number of esters is 1. The first-order chi connectivity index (χ1) is 13.5. The zero-order valence-corrected chi connectivity index (χ0v) is 15.4. The molecule has 2 aromatic rings. The maximum Gasteiger partial charge on any atom is 0.573 e. The molecule has 0 saturated heterocycles.